The van der Waals surface area contributed by atoms with Gasteiger partial charge in [-0.05, 0) is 25.0 Å². The van der Waals surface area contributed by atoms with Crippen molar-refractivity contribution in [2.45, 2.75) is 37.2 Å². The Balaban J connectivity index is 1.69. The van der Waals surface area contributed by atoms with Crippen molar-refractivity contribution >= 4 is 11.8 Å². The van der Waals surface area contributed by atoms with Gasteiger partial charge in [0.25, 0.3) is 0 Å². The van der Waals surface area contributed by atoms with Crippen LogP contribution in [0.15, 0.2) is 47.6 Å². The van der Waals surface area contributed by atoms with Crippen LogP contribution in [0.5, 0.6) is 11.5 Å². The number of aryl methyl sites for hydroxylation is 1. The average molecular weight is 397 g/mol. The molecule has 28 heavy (non-hydrogen) atoms. The molecule has 2 heterocycles. The molecule has 0 bridgehead atoms. The Bertz CT molecular complexity index is 959. The van der Waals surface area contributed by atoms with E-state index < -0.39 is 0 Å². The van der Waals surface area contributed by atoms with Crippen molar-refractivity contribution < 1.29 is 9.47 Å². The van der Waals surface area contributed by atoms with E-state index in [-0.39, 0.29) is 5.37 Å². The molecule has 0 radical (unpaired) electrons. The lowest BCUT2D eigenvalue weighted by molar-refractivity contribution is 0.332. The number of hydrogen-bond acceptors (Lipinski definition) is 6. The summed E-state index contributed by atoms with van der Waals surface area (Å²) in [4.78, 5) is 0. The molecular formula is C21H24N4O2S. The monoisotopic (exact) mass is 396 g/mol. The molecule has 4 rings (SSSR count). The predicted molar refractivity (Wildman–Crippen MR) is 112 cm³/mol. The third kappa shape index (κ3) is 3.42. The zero-order valence-electron chi connectivity index (χ0n) is 16.3. The van der Waals surface area contributed by atoms with Crippen LogP contribution in [0.25, 0.3) is 11.4 Å². The number of rotatable bonds is 7. The normalized spacial score (nSPS) is 15.2. The highest BCUT2D eigenvalue weighted by molar-refractivity contribution is 7.99. The first-order valence-electron chi connectivity index (χ1n) is 9.52. The second kappa shape index (κ2) is 8.14. The molecule has 0 saturated carbocycles. The molecule has 7 heteroatoms. The van der Waals surface area contributed by atoms with E-state index in [2.05, 4.69) is 28.6 Å². The number of ether oxygens (including phenoxy) is 2. The first kappa shape index (κ1) is 18.7. The standard InChI is InChI=1S/C21H24N4O2S/c1-4-9-15-12-16(18(27-5-2)13-17(15)26-3)20-24-25-19(22-23-21(25)28-20)14-10-7-6-8-11-14/h6-8,10-13,20,24H,4-5,9H2,1-3H3. The maximum Gasteiger partial charge on any atom is 0.212 e. The Morgan fingerprint density at radius 2 is 1.93 bits per heavy atom. The lowest BCUT2D eigenvalue weighted by Gasteiger charge is -2.19. The van der Waals surface area contributed by atoms with E-state index in [4.69, 9.17) is 9.47 Å². The molecule has 6 nitrogen and oxygen atoms in total. The van der Waals surface area contributed by atoms with E-state index in [1.165, 1.54) is 5.56 Å². The third-order valence-electron chi connectivity index (χ3n) is 4.65. The van der Waals surface area contributed by atoms with Crippen LogP contribution in [-0.4, -0.2) is 28.6 Å². The SMILES string of the molecule is CCCc1cc(C2Nn3c(nnc3-c3ccccc3)S2)c(OCC)cc1OC. The van der Waals surface area contributed by atoms with Gasteiger partial charge in [-0.15, -0.1) is 10.2 Å². The molecule has 0 aliphatic carbocycles. The van der Waals surface area contributed by atoms with Gasteiger partial charge in [0.05, 0.1) is 13.7 Å². The van der Waals surface area contributed by atoms with Crippen molar-refractivity contribution in [2.24, 2.45) is 0 Å². The molecule has 0 amide bonds. The topological polar surface area (TPSA) is 61.2 Å². The molecule has 3 aromatic rings. The van der Waals surface area contributed by atoms with Crippen LogP contribution in [0.3, 0.4) is 0 Å². The fourth-order valence-electron chi connectivity index (χ4n) is 3.38. The van der Waals surface area contributed by atoms with Gasteiger partial charge in [-0.3, -0.25) is 0 Å². The van der Waals surface area contributed by atoms with Crippen molar-refractivity contribution in [3.8, 4) is 22.9 Å². The first-order valence-corrected chi connectivity index (χ1v) is 10.4. The highest BCUT2D eigenvalue weighted by atomic mass is 32.2. The number of nitrogens with zero attached hydrogens (tertiary/aromatic N) is 3. The van der Waals surface area contributed by atoms with Gasteiger partial charge in [-0.1, -0.05) is 55.4 Å². The lowest BCUT2D eigenvalue weighted by Crippen LogP contribution is -2.15. The minimum atomic E-state index is -0.00368. The molecule has 1 N–H and O–H groups in total. The number of benzene rings is 2. The summed E-state index contributed by atoms with van der Waals surface area (Å²) >= 11 is 1.64. The maximum absolute atomic E-state index is 5.94. The van der Waals surface area contributed by atoms with Crippen LogP contribution < -0.4 is 14.9 Å². The van der Waals surface area contributed by atoms with Gasteiger partial charge in [-0.2, -0.15) is 0 Å². The highest BCUT2D eigenvalue weighted by Gasteiger charge is 2.31. The number of nitrogens with one attached hydrogen (secondary N) is 1. The Hall–Kier alpha value is -2.67. The molecule has 1 unspecified atom stereocenters. The quantitative estimate of drug-likeness (QED) is 0.627. The molecule has 2 aromatic carbocycles. The number of methoxy groups -OCH3 is 1. The fourth-order valence-corrected chi connectivity index (χ4v) is 4.40. The van der Waals surface area contributed by atoms with E-state index in [0.717, 1.165) is 46.4 Å². The molecule has 1 aliphatic rings. The molecule has 0 saturated heterocycles. The van der Waals surface area contributed by atoms with Crippen LogP contribution in [0.2, 0.25) is 0 Å². The third-order valence-corrected chi connectivity index (χ3v) is 5.72. The summed E-state index contributed by atoms with van der Waals surface area (Å²) in [6, 6.07) is 14.3. The Kier molecular flexibility index (Phi) is 5.43. The number of hydrogen-bond donors (Lipinski definition) is 1. The summed E-state index contributed by atoms with van der Waals surface area (Å²) in [5.74, 6) is 2.52. The van der Waals surface area contributed by atoms with E-state index in [0.29, 0.717) is 6.61 Å². The summed E-state index contributed by atoms with van der Waals surface area (Å²) in [5, 5.41) is 9.56. The zero-order chi connectivity index (χ0) is 19.5. The number of aromatic nitrogens is 3. The minimum absolute atomic E-state index is 0.00368. The van der Waals surface area contributed by atoms with Crippen molar-refractivity contribution in [1.82, 2.24) is 14.9 Å². The van der Waals surface area contributed by atoms with E-state index in [1.54, 1.807) is 18.9 Å². The Morgan fingerprint density at radius 1 is 1.11 bits per heavy atom. The Morgan fingerprint density at radius 3 is 2.64 bits per heavy atom. The Labute approximate surface area is 169 Å². The maximum atomic E-state index is 5.94. The van der Waals surface area contributed by atoms with Crippen molar-refractivity contribution in [3.05, 3.63) is 53.6 Å². The summed E-state index contributed by atoms with van der Waals surface area (Å²) in [5.41, 5.74) is 6.86. The smallest absolute Gasteiger partial charge is 0.212 e. The molecule has 0 fully saturated rings. The summed E-state index contributed by atoms with van der Waals surface area (Å²) in [6.45, 7) is 4.77. The molecule has 0 spiro atoms. The van der Waals surface area contributed by atoms with Gasteiger partial charge >= 0.3 is 0 Å². The second-order valence-electron chi connectivity index (χ2n) is 6.52. The average Bonchev–Trinajstić information content (AvgIpc) is 3.30. The van der Waals surface area contributed by atoms with Crippen LogP contribution in [0, 0.1) is 0 Å². The molecular weight excluding hydrogens is 372 g/mol. The van der Waals surface area contributed by atoms with Crippen molar-refractivity contribution in [3.63, 3.8) is 0 Å². The highest BCUT2D eigenvalue weighted by Crippen LogP contribution is 2.45. The van der Waals surface area contributed by atoms with E-state index in [1.807, 2.05) is 48.0 Å². The minimum Gasteiger partial charge on any atom is -0.496 e. The van der Waals surface area contributed by atoms with Gasteiger partial charge < -0.3 is 14.9 Å². The second-order valence-corrected chi connectivity index (χ2v) is 7.59. The van der Waals surface area contributed by atoms with Gasteiger partial charge in [0.1, 0.15) is 16.9 Å². The van der Waals surface area contributed by atoms with Crippen LogP contribution in [-0.2, 0) is 6.42 Å². The van der Waals surface area contributed by atoms with E-state index >= 15 is 0 Å². The van der Waals surface area contributed by atoms with Crippen LogP contribution in [0.1, 0.15) is 36.8 Å². The molecule has 1 atom stereocenters. The van der Waals surface area contributed by atoms with Crippen LogP contribution >= 0.6 is 11.8 Å². The summed E-state index contributed by atoms with van der Waals surface area (Å²) in [7, 11) is 1.71. The van der Waals surface area contributed by atoms with E-state index in [9.17, 15) is 0 Å². The predicted octanol–water partition coefficient (Wildman–Crippen LogP) is 4.65. The van der Waals surface area contributed by atoms with Gasteiger partial charge in [-0.25, -0.2) is 4.68 Å². The summed E-state index contributed by atoms with van der Waals surface area (Å²) < 4.78 is 13.5. The molecule has 146 valence electrons. The van der Waals surface area contributed by atoms with Crippen molar-refractivity contribution in [2.75, 3.05) is 19.1 Å². The van der Waals surface area contributed by atoms with Gasteiger partial charge in [0.2, 0.25) is 5.16 Å². The van der Waals surface area contributed by atoms with Gasteiger partial charge in [0, 0.05) is 17.2 Å². The largest absolute Gasteiger partial charge is 0.496 e. The number of thioether (sulfide) groups is 1. The van der Waals surface area contributed by atoms with Crippen LogP contribution in [0.4, 0.5) is 0 Å². The number of fused-ring (bicyclic) bond motifs is 1. The fraction of sp³-hybridized carbons (Fsp3) is 0.333. The summed E-state index contributed by atoms with van der Waals surface area (Å²) in [6.07, 6.45) is 2.01. The first-order chi connectivity index (χ1) is 13.7. The van der Waals surface area contributed by atoms with Crippen molar-refractivity contribution in [1.29, 1.82) is 0 Å². The zero-order valence-corrected chi connectivity index (χ0v) is 17.1. The van der Waals surface area contributed by atoms with Gasteiger partial charge in [0.15, 0.2) is 5.82 Å². The molecule has 1 aromatic heterocycles. The lowest BCUT2D eigenvalue weighted by atomic mass is 10.0. The molecule has 1 aliphatic heterocycles.